The summed E-state index contributed by atoms with van der Waals surface area (Å²) < 4.78 is 6.97. The molecule has 0 spiro atoms. The smallest absolute Gasteiger partial charge is 0.315 e. The Morgan fingerprint density at radius 3 is 2.73 bits per heavy atom. The first-order valence-corrected chi connectivity index (χ1v) is 14.6. The first-order valence-electron chi connectivity index (χ1n) is 13.7. The number of esters is 1. The second-order valence-electron chi connectivity index (χ2n) is 12.4. The molecule has 4 bridgehead atoms. The van der Waals surface area contributed by atoms with E-state index in [0.717, 1.165) is 46.8 Å². The van der Waals surface area contributed by atoms with Crippen LogP contribution in [-0.2, 0) is 25.5 Å². The molecule has 5 nitrogen and oxygen atoms in total. The van der Waals surface area contributed by atoms with Crippen LogP contribution in [0, 0.1) is 45.8 Å². The van der Waals surface area contributed by atoms with E-state index in [0.29, 0.717) is 24.7 Å². The molecule has 6 unspecified atom stereocenters. The van der Waals surface area contributed by atoms with Gasteiger partial charge in [0, 0.05) is 10.1 Å². The highest BCUT2D eigenvalue weighted by atomic mass is 32.1. The molecule has 2 aromatic rings. The van der Waals surface area contributed by atoms with Crippen molar-refractivity contribution in [1.29, 1.82) is 0 Å². The van der Waals surface area contributed by atoms with Crippen molar-refractivity contribution in [1.82, 2.24) is 0 Å². The molecule has 3 saturated carbocycles. The zero-order valence-electron chi connectivity index (χ0n) is 21.9. The van der Waals surface area contributed by atoms with Crippen LogP contribution in [0.3, 0.4) is 0 Å². The second kappa shape index (κ2) is 8.52. The summed E-state index contributed by atoms with van der Waals surface area (Å²) in [5, 5.41) is 14.1. The summed E-state index contributed by atoms with van der Waals surface area (Å²) in [7, 11) is 0. The van der Waals surface area contributed by atoms with Crippen LogP contribution in [0.25, 0.3) is 10.1 Å². The molecule has 196 valence electrons. The van der Waals surface area contributed by atoms with Crippen LogP contribution in [0.15, 0.2) is 41.3 Å². The molecule has 1 aromatic carbocycles. The Morgan fingerprint density at radius 1 is 1.22 bits per heavy atom. The number of fused-ring (bicyclic) bond motifs is 3. The van der Waals surface area contributed by atoms with Crippen LogP contribution in [0.1, 0.15) is 58.4 Å². The third-order valence-electron chi connectivity index (χ3n) is 10.8. The van der Waals surface area contributed by atoms with Gasteiger partial charge < -0.3 is 14.6 Å². The number of thiophene rings is 1. The number of carboxylic acid groups (broad SMARTS) is 1. The minimum Gasteiger partial charge on any atom is -0.481 e. The third-order valence-corrected chi connectivity index (χ3v) is 11.8. The predicted octanol–water partition coefficient (Wildman–Crippen LogP) is 6.30. The maximum absolute atomic E-state index is 13.5. The molecule has 6 rings (SSSR count). The van der Waals surface area contributed by atoms with Crippen LogP contribution in [0.4, 0.5) is 0 Å². The van der Waals surface area contributed by atoms with Crippen molar-refractivity contribution in [2.45, 2.75) is 59.3 Å². The molecule has 0 radical (unpaired) electrons. The summed E-state index contributed by atoms with van der Waals surface area (Å²) in [5.41, 5.74) is -0.769. The van der Waals surface area contributed by atoms with Crippen molar-refractivity contribution in [3.05, 3.63) is 46.9 Å². The Morgan fingerprint density at radius 2 is 2.00 bits per heavy atom. The zero-order valence-corrected chi connectivity index (χ0v) is 22.7. The van der Waals surface area contributed by atoms with E-state index in [1.165, 1.54) is 0 Å². The number of hydrogen-bond donors (Lipinski definition) is 1. The molecule has 4 aliphatic carbocycles. The highest BCUT2D eigenvalue weighted by molar-refractivity contribution is 7.17. The number of benzene rings is 1. The molecular formula is C31H36O5S. The van der Waals surface area contributed by atoms with Gasteiger partial charge in [0.1, 0.15) is 11.7 Å². The van der Waals surface area contributed by atoms with E-state index in [1.807, 2.05) is 29.6 Å². The van der Waals surface area contributed by atoms with Gasteiger partial charge in [-0.05, 0) is 77.7 Å². The highest BCUT2D eigenvalue weighted by Gasteiger charge is 2.83. The summed E-state index contributed by atoms with van der Waals surface area (Å²) >= 11 is 1.62. The van der Waals surface area contributed by atoms with Crippen LogP contribution < -0.4 is 0 Å². The van der Waals surface area contributed by atoms with E-state index in [1.54, 1.807) is 11.3 Å². The van der Waals surface area contributed by atoms with Crippen LogP contribution in [0.2, 0.25) is 0 Å². The SMILES string of the molecule is CC(C)C1=CC2CC3(C=O)C4CC[C@@H](C)C4CC2(CCOC(=O)Cc2csc4ccccc24)C13C(=O)O. The fourth-order valence-corrected chi connectivity index (χ4v) is 10.5. The molecule has 37 heavy (non-hydrogen) atoms. The normalized spacial score (nSPS) is 37.6. The molecule has 0 saturated heterocycles. The van der Waals surface area contributed by atoms with Gasteiger partial charge in [0.05, 0.1) is 18.4 Å². The number of aliphatic carboxylic acids is 1. The quantitative estimate of drug-likeness (QED) is 0.251. The maximum Gasteiger partial charge on any atom is 0.315 e. The molecule has 6 heteroatoms. The van der Waals surface area contributed by atoms with Gasteiger partial charge >= 0.3 is 11.9 Å². The van der Waals surface area contributed by atoms with Gasteiger partial charge in [-0.15, -0.1) is 11.3 Å². The van der Waals surface area contributed by atoms with E-state index < -0.39 is 22.2 Å². The molecule has 0 aliphatic heterocycles. The first kappa shape index (κ1) is 24.8. The van der Waals surface area contributed by atoms with Crippen molar-refractivity contribution in [2.24, 2.45) is 45.8 Å². The van der Waals surface area contributed by atoms with Gasteiger partial charge in [-0.3, -0.25) is 9.59 Å². The van der Waals surface area contributed by atoms with E-state index in [2.05, 4.69) is 26.8 Å². The minimum absolute atomic E-state index is 0.0310. The molecule has 1 N–H and O–H groups in total. The average molecular weight is 521 g/mol. The number of rotatable bonds is 8. The number of aldehydes is 1. The standard InChI is InChI=1S/C31H36O5S/c1-18(2)25-13-21-14-30(17-32)24-9-8-19(3)23(24)15-29(21,31(25,30)28(34)35)10-11-36-27(33)12-20-16-37-26-7-5-4-6-22(20)26/h4-7,13,16-19,21,23-24H,8-12,14-15H2,1-3H3,(H,34,35)/t19-,21?,23?,24?,29?,30?,31?/m1/s1. The molecule has 4 aliphatic rings. The lowest BCUT2D eigenvalue weighted by Gasteiger charge is -2.58. The van der Waals surface area contributed by atoms with Crippen molar-refractivity contribution in [3.63, 3.8) is 0 Å². The fraction of sp³-hybridized carbons (Fsp3) is 0.581. The van der Waals surface area contributed by atoms with Gasteiger partial charge in [0.2, 0.25) is 0 Å². The van der Waals surface area contributed by atoms with E-state index >= 15 is 0 Å². The number of carbonyl (C=O) groups is 3. The maximum atomic E-state index is 13.5. The number of carbonyl (C=O) groups excluding carboxylic acids is 2. The third kappa shape index (κ3) is 3.05. The minimum atomic E-state index is -1.21. The summed E-state index contributed by atoms with van der Waals surface area (Å²) in [6, 6.07) is 8.05. The lowest BCUT2D eigenvalue weighted by molar-refractivity contribution is -0.182. The van der Waals surface area contributed by atoms with Crippen molar-refractivity contribution in [2.75, 3.05) is 6.61 Å². The lowest BCUT2D eigenvalue weighted by Crippen LogP contribution is -2.62. The van der Waals surface area contributed by atoms with Crippen molar-refractivity contribution in [3.8, 4) is 0 Å². The van der Waals surface area contributed by atoms with E-state index in [9.17, 15) is 19.5 Å². The number of allylic oxidation sites excluding steroid dienone is 1. The van der Waals surface area contributed by atoms with Gasteiger partial charge in [-0.25, -0.2) is 0 Å². The largest absolute Gasteiger partial charge is 0.481 e. The Kier molecular flexibility index (Phi) is 5.72. The number of carboxylic acids is 1. The number of hydrogen-bond acceptors (Lipinski definition) is 5. The van der Waals surface area contributed by atoms with Crippen molar-refractivity contribution >= 4 is 39.6 Å². The van der Waals surface area contributed by atoms with Crippen molar-refractivity contribution < 1.29 is 24.2 Å². The van der Waals surface area contributed by atoms with Gasteiger partial charge in [-0.1, -0.05) is 57.0 Å². The van der Waals surface area contributed by atoms with Crippen LogP contribution in [0.5, 0.6) is 0 Å². The van der Waals surface area contributed by atoms with Gasteiger partial charge in [0.25, 0.3) is 0 Å². The average Bonchev–Trinajstić information content (AvgIpc) is 3.57. The van der Waals surface area contributed by atoms with E-state index in [4.69, 9.17) is 4.74 Å². The number of ether oxygens (including phenoxy) is 1. The Labute approximate surface area is 222 Å². The molecule has 1 aromatic heterocycles. The van der Waals surface area contributed by atoms with Crippen LogP contribution >= 0.6 is 11.3 Å². The summed E-state index contributed by atoms with van der Waals surface area (Å²) in [6.45, 7) is 6.56. The van der Waals surface area contributed by atoms with Crippen LogP contribution in [-0.4, -0.2) is 29.9 Å². The molecule has 0 amide bonds. The zero-order chi connectivity index (χ0) is 26.2. The highest BCUT2D eigenvalue weighted by Crippen LogP contribution is 2.83. The predicted molar refractivity (Wildman–Crippen MR) is 143 cm³/mol. The monoisotopic (exact) mass is 520 g/mol. The van der Waals surface area contributed by atoms with E-state index in [-0.39, 0.29) is 36.8 Å². The Hall–Kier alpha value is -2.47. The Bertz CT molecular complexity index is 1310. The second-order valence-corrected chi connectivity index (χ2v) is 13.3. The topological polar surface area (TPSA) is 80.7 Å². The molecule has 7 atom stereocenters. The summed E-state index contributed by atoms with van der Waals surface area (Å²) in [6.07, 6.45) is 7.33. The summed E-state index contributed by atoms with van der Waals surface area (Å²) in [4.78, 5) is 39.5. The molecule has 3 fully saturated rings. The molecular weight excluding hydrogens is 484 g/mol. The van der Waals surface area contributed by atoms with Gasteiger partial charge in [-0.2, -0.15) is 0 Å². The summed E-state index contributed by atoms with van der Waals surface area (Å²) in [5.74, 6) is -0.121. The Balaban J connectivity index is 1.31. The fourth-order valence-electron chi connectivity index (χ4n) is 9.56. The molecule has 1 heterocycles. The lowest BCUT2D eigenvalue weighted by atomic mass is 9.42. The van der Waals surface area contributed by atoms with Gasteiger partial charge in [0.15, 0.2) is 0 Å². The first-order chi connectivity index (χ1) is 17.7.